The highest BCUT2D eigenvalue weighted by molar-refractivity contribution is 9.11. The van der Waals surface area contributed by atoms with Crippen LogP contribution < -0.4 is 44.4 Å². The number of ether oxygens (including phenoxy) is 6. The van der Waals surface area contributed by atoms with Crippen LogP contribution in [0.2, 0.25) is 5.02 Å². The minimum absolute atomic E-state index is 0.0130. The van der Waals surface area contributed by atoms with Crippen LogP contribution in [0.3, 0.4) is 0 Å². The van der Waals surface area contributed by atoms with Gasteiger partial charge in [-0.15, -0.1) is 11.3 Å². The number of thiazole rings is 1. The number of nitriles is 5. The number of carbonyl (C=O) groups excluding carboxylic acids is 4. The SMILES string of the molecule is CCOc1ccccc1NC(=O)/C(C#N)=C/c1cc(Br)c(C)c(OC)c1.COc1cc(/C=C(\C#N)C(=O)NCc2ccccc2)cc(Br)c1C.COc1cc(/C=C(\C#N)C(=O)Nc2ccccc2F)cc(Br)c1C.COc1cc(/C=C(\C#N)c2nc3cc(Cl)ccc3s2)cc(Br)c1C.COc1cc(/C=C(\C#N)c2nc3ccccc3[nH]2)cc(Br)c1C.O=C(/C=C/c1cc(Br)c(O)c(CO)c1)c1ccccc1. The third kappa shape index (κ3) is 31.6. The summed E-state index contributed by atoms with van der Waals surface area (Å²) in [6, 6.07) is 76.6. The molecule has 12 aromatic carbocycles. The normalized spacial score (nSPS) is 11.1. The smallest absolute Gasteiger partial charge is 0.266 e. The van der Waals surface area contributed by atoms with Gasteiger partial charge in [0.1, 0.15) is 104 Å². The van der Waals surface area contributed by atoms with Gasteiger partial charge in [0.25, 0.3) is 17.7 Å². The fraction of sp³-hybridized carbons (Fsp3) is 0.128. The molecule has 0 spiro atoms. The van der Waals surface area contributed by atoms with Gasteiger partial charge in [-0.1, -0.05) is 194 Å². The topological polar surface area (TPSA) is 361 Å². The summed E-state index contributed by atoms with van der Waals surface area (Å²) in [5.41, 5.74) is 15.3. The molecule has 14 aromatic rings. The number of anilines is 2. The highest BCUT2D eigenvalue weighted by Crippen LogP contribution is 2.38. The van der Waals surface area contributed by atoms with Crippen molar-refractivity contribution in [2.45, 2.75) is 54.7 Å². The van der Waals surface area contributed by atoms with Crippen LogP contribution in [-0.2, 0) is 27.5 Å². The van der Waals surface area contributed by atoms with Gasteiger partial charge in [-0.2, -0.15) is 26.3 Å². The van der Waals surface area contributed by atoms with E-state index in [9.17, 15) is 55.0 Å². The molecule has 23 nitrogen and oxygen atoms in total. The van der Waals surface area contributed by atoms with E-state index in [0.717, 1.165) is 111 Å². The highest BCUT2D eigenvalue weighted by atomic mass is 79.9. The number of H-pyrrole nitrogens is 1. The van der Waals surface area contributed by atoms with Crippen molar-refractivity contribution in [2.75, 3.05) is 52.8 Å². The van der Waals surface area contributed by atoms with E-state index in [0.29, 0.717) is 95.6 Å². The standard InChI is InChI=1S/C20H19BrN2O3.C19H17BrN2O2.C18H12BrClN2OS.C18H14BrFN2O2.C18H14BrN3O.C16H13BrO3/c1-4-26-18-8-6-5-7-17(18)23-20(24)15(12-22)9-14-10-16(21)13(2)19(11-14)25-3;1-13-17(20)9-15(10-18(13)24-2)8-16(11-21)19(23)22-12-14-6-4-3-5-7-14;1-10-14(19)6-11(7-16(10)23-2)5-12(9-21)18-22-15-8-13(20)3-4-17(15)24-18;1-11-14(19)8-12(9-17(11)24-2)7-13(10-21)18(23)22-16-6-4-3-5-15(16)20;1-11-14(19)8-12(9-17(11)23-2)7-13(10-20)18-21-15-5-3-4-6-16(15)22-18;17-14-9-11(8-13(10-18)16(14)20)6-7-15(19)12-4-2-1-3-5-12/h5-11H,4H2,1-3H3,(H,23,24);3-10H,12H2,1-2H3,(H,22,23);3-8H,1-2H3;3-9H,1-2H3,(H,22,23);3-9H,1-2H3,(H,21,22);1-9,18,20H,10H2/b15-9+;16-8+;12-5+;2*13-7+;7-6+. The van der Waals surface area contributed by atoms with E-state index in [1.807, 2.05) is 193 Å². The number of rotatable bonds is 25. The number of hydrogen-bond donors (Lipinski definition) is 6. The summed E-state index contributed by atoms with van der Waals surface area (Å²) in [5, 5.41) is 75.0. The van der Waals surface area contributed by atoms with Gasteiger partial charge in [0.2, 0.25) is 0 Å². The first-order valence-corrected chi connectivity index (χ1v) is 48.3. The van der Waals surface area contributed by atoms with Crippen LogP contribution in [0.25, 0.3) is 68.9 Å². The number of methoxy groups -OCH3 is 5. The van der Waals surface area contributed by atoms with Gasteiger partial charge in [-0.3, -0.25) is 19.2 Å². The Kier molecular flexibility index (Phi) is 42.9. The molecule has 0 unspecified atom stereocenters. The zero-order valence-electron chi connectivity index (χ0n) is 77.6. The van der Waals surface area contributed by atoms with Gasteiger partial charge in [0.15, 0.2) is 5.78 Å². The Bertz CT molecular complexity index is 7370. The Morgan fingerprint density at radius 3 is 1.33 bits per heavy atom. The Morgan fingerprint density at radius 2 is 0.879 bits per heavy atom. The lowest BCUT2D eigenvalue weighted by Gasteiger charge is -2.11. The minimum Gasteiger partial charge on any atom is -0.506 e. The van der Waals surface area contributed by atoms with Crippen LogP contribution in [0.1, 0.15) is 100 Å². The van der Waals surface area contributed by atoms with E-state index in [1.165, 1.54) is 47.8 Å². The Balaban J connectivity index is 0.000000189. The van der Waals surface area contributed by atoms with Crippen LogP contribution in [0.15, 0.2) is 274 Å². The number of imidazole rings is 1. The molecule has 0 aliphatic heterocycles. The maximum absolute atomic E-state index is 13.6. The zero-order chi connectivity index (χ0) is 103. The van der Waals surface area contributed by atoms with E-state index in [4.69, 9.17) is 45.1 Å². The number of halogens is 8. The number of ketones is 1. The van der Waals surface area contributed by atoms with Gasteiger partial charge < -0.3 is 59.6 Å². The molecular formula is C109H89Br6ClFN11O12S. The molecule has 141 heavy (non-hydrogen) atoms. The lowest BCUT2D eigenvalue weighted by Crippen LogP contribution is -2.23. The van der Waals surface area contributed by atoms with Crippen molar-refractivity contribution < 1.29 is 62.2 Å². The highest BCUT2D eigenvalue weighted by Gasteiger charge is 2.20. The fourth-order valence-corrected chi connectivity index (χ4v) is 16.8. The molecular weight excluding hydrogens is 2220 g/mol. The number of fused-ring (bicyclic) bond motifs is 2. The van der Waals surface area contributed by atoms with Crippen LogP contribution in [-0.4, -0.2) is 90.8 Å². The summed E-state index contributed by atoms with van der Waals surface area (Å²) in [6.07, 6.45) is 11.2. The molecule has 0 saturated carbocycles. The second kappa shape index (κ2) is 54.8. The van der Waals surface area contributed by atoms with E-state index in [-0.39, 0.29) is 40.5 Å². The molecule has 0 saturated heterocycles. The predicted molar refractivity (Wildman–Crippen MR) is 577 cm³/mol. The van der Waals surface area contributed by atoms with Crippen molar-refractivity contribution in [1.82, 2.24) is 20.3 Å². The van der Waals surface area contributed by atoms with Gasteiger partial charge in [-0.05, 0) is 260 Å². The van der Waals surface area contributed by atoms with Crippen molar-refractivity contribution in [3.8, 4) is 70.6 Å². The summed E-state index contributed by atoms with van der Waals surface area (Å²) >= 11 is 28.0. The third-order valence-corrected chi connectivity index (χ3v) is 26.5. The molecule has 714 valence electrons. The van der Waals surface area contributed by atoms with E-state index < -0.39 is 23.5 Å². The van der Waals surface area contributed by atoms with Gasteiger partial charge in [0, 0.05) is 72.9 Å². The number of nitrogens with one attached hydrogen (secondary N) is 4. The number of aliphatic hydroxyl groups is 1. The quantitative estimate of drug-likeness (QED) is 0.0176. The summed E-state index contributed by atoms with van der Waals surface area (Å²) in [6.45, 7) is 12.1. The number of phenols is 1. The first-order chi connectivity index (χ1) is 67.7. The average molecular weight is 2310 g/mol. The van der Waals surface area contributed by atoms with Crippen molar-refractivity contribution in [1.29, 1.82) is 26.3 Å². The second-order valence-electron chi connectivity index (χ2n) is 30.0. The largest absolute Gasteiger partial charge is 0.506 e. The first kappa shape index (κ1) is 110. The lowest BCUT2D eigenvalue weighted by molar-refractivity contribution is -0.117. The van der Waals surface area contributed by atoms with E-state index >= 15 is 0 Å². The van der Waals surface area contributed by atoms with Gasteiger partial charge in [0.05, 0.1) is 97.0 Å². The summed E-state index contributed by atoms with van der Waals surface area (Å²) in [4.78, 5) is 61.0. The van der Waals surface area contributed by atoms with Crippen LogP contribution in [0.4, 0.5) is 15.8 Å². The molecule has 32 heteroatoms. The minimum atomic E-state index is -0.682. The van der Waals surface area contributed by atoms with Crippen LogP contribution in [0.5, 0.6) is 40.2 Å². The molecule has 0 atom stereocenters. The van der Waals surface area contributed by atoms with Crippen molar-refractivity contribution in [3.63, 3.8) is 0 Å². The number of hydrogen-bond acceptors (Lipinski definition) is 20. The number of aromatic amines is 1. The lowest BCUT2D eigenvalue weighted by atomic mass is 10.1. The molecule has 14 rings (SSSR count). The van der Waals surface area contributed by atoms with Gasteiger partial charge >= 0.3 is 0 Å². The first-order valence-electron chi connectivity index (χ1n) is 42.4. The van der Waals surface area contributed by atoms with E-state index in [2.05, 4.69) is 139 Å². The Labute approximate surface area is 875 Å². The average Bonchev–Trinajstić information content (AvgIpc) is 1.68. The number of nitrogens with zero attached hydrogens (tertiary/aromatic N) is 7. The van der Waals surface area contributed by atoms with Crippen LogP contribution in [0, 0.1) is 97.1 Å². The number of aromatic hydroxyl groups is 1. The van der Waals surface area contributed by atoms with Crippen molar-refractivity contribution >= 4 is 222 Å². The fourth-order valence-electron chi connectivity index (χ4n) is 12.9. The van der Waals surface area contributed by atoms with Crippen LogP contribution >= 0.6 is 119 Å². The predicted octanol–water partition coefficient (Wildman–Crippen LogP) is 27.5. The molecule has 0 aliphatic carbocycles. The van der Waals surface area contributed by atoms with E-state index in [1.54, 1.807) is 133 Å². The number of carbonyl (C=O) groups is 4. The monoisotopic (exact) mass is 2300 g/mol. The molecule has 0 radical (unpaired) electrons. The summed E-state index contributed by atoms with van der Waals surface area (Å²) in [5.74, 6) is 2.40. The maximum atomic E-state index is 13.6. The maximum Gasteiger partial charge on any atom is 0.266 e. The Morgan fingerprint density at radius 1 is 0.461 bits per heavy atom. The molecule has 0 aliphatic rings. The second-order valence-corrected chi connectivity index (χ2v) is 36.5. The third-order valence-electron chi connectivity index (χ3n) is 20.5. The zero-order valence-corrected chi connectivity index (χ0v) is 88.7. The number of allylic oxidation sites excluding steroid dienone is 3. The Hall–Kier alpha value is -14.4. The number of benzene rings is 12. The molecule has 2 aromatic heterocycles. The number of para-hydroxylation sites is 5. The number of aliphatic hydroxyl groups excluding tert-OH is 1. The van der Waals surface area contributed by atoms with Crippen molar-refractivity contribution in [3.05, 3.63) is 374 Å². The molecule has 3 amide bonds. The number of amides is 3. The molecule has 0 fully saturated rings. The molecule has 2 heterocycles. The molecule has 6 N–H and O–H groups in total. The van der Waals surface area contributed by atoms with Gasteiger partial charge in [-0.25, -0.2) is 14.4 Å². The van der Waals surface area contributed by atoms with Crippen molar-refractivity contribution in [2.24, 2.45) is 0 Å². The summed E-state index contributed by atoms with van der Waals surface area (Å²) < 4.78 is 51.6. The summed E-state index contributed by atoms with van der Waals surface area (Å²) in [7, 11) is 7.96. The molecule has 0 bridgehead atoms. The number of aromatic nitrogens is 3.